The number of fused-ring (bicyclic) bond motifs is 1. The molecule has 0 spiro atoms. The molecule has 41 heavy (non-hydrogen) atoms. The largest absolute Gasteiger partial charge is 0.493 e. The molecular formula is C30H26N2O8S. The van der Waals surface area contributed by atoms with E-state index >= 15 is 0 Å². The number of carbonyl (C=O) groups excluding carboxylic acids is 1. The first-order chi connectivity index (χ1) is 19.7. The number of carboxylic acids is 1. The van der Waals surface area contributed by atoms with Crippen LogP contribution in [0.1, 0.15) is 41.6 Å². The Kier molecular flexibility index (Phi) is 7.62. The maximum atomic E-state index is 13.8. The van der Waals surface area contributed by atoms with E-state index in [1.165, 1.54) is 42.3 Å². The van der Waals surface area contributed by atoms with Gasteiger partial charge in [-0.05, 0) is 55.8 Å². The maximum absolute atomic E-state index is 13.8. The van der Waals surface area contributed by atoms with Gasteiger partial charge in [-0.25, -0.2) is 14.6 Å². The number of esters is 1. The van der Waals surface area contributed by atoms with E-state index in [4.69, 9.17) is 23.7 Å². The molecule has 0 unspecified atom stereocenters. The average molecular weight is 575 g/mol. The molecule has 0 saturated heterocycles. The Balaban J connectivity index is 1.62. The Labute approximate surface area is 238 Å². The van der Waals surface area contributed by atoms with Crippen molar-refractivity contribution in [3.05, 3.63) is 102 Å². The van der Waals surface area contributed by atoms with Crippen molar-refractivity contribution >= 4 is 29.4 Å². The number of rotatable bonds is 8. The van der Waals surface area contributed by atoms with E-state index in [0.29, 0.717) is 49.2 Å². The summed E-state index contributed by atoms with van der Waals surface area (Å²) in [5, 5.41) is 9.13. The topological polar surface area (TPSA) is 130 Å². The molecule has 0 radical (unpaired) electrons. The van der Waals surface area contributed by atoms with Gasteiger partial charge in [-0.2, -0.15) is 0 Å². The minimum atomic E-state index is -1.01. The zero-order valence-electron chi connectivity index (χ0n) is 22.7. The van der Waals surface area contributed by atoms with Gasteiger partial charge in [0, 0.05) is 11.6 Å². The molecule has 2 aromatic carbocycles. The summed E-state index contributed by atoms with van der Waals surface area (Å²) in [5.41, 5.74) is 1.83. The molecule has 10 nitrogen and oxygen atoms in total. The highest BCUT2D eigenvalue weighted by molar-refractivity contribution is 7.07. The van der Waals surface area contributed by atoms with Gasteiger partial charge in [0.15, 0.2) is 16.3 Å². The van der Waals surface area contributed by atoms with E-state index in [1.54, 1.807) is 62.4 Å². The lowest BCUT2D eigenvalue weighted by Gasteiger charge is -2.25. The number of ether oxygens (including phenoxy) is 3. The van der Waals surface area contributed by atoms with Gasteiger partial charge in [-0.15, -0.1) is 0 Å². The van der Waals surface area contributed by atoms with Gasteiger partial charge in [0.25, 0.3) is 5.56 Å². The molecule has 1 atom stereocenters. The first-order valence-corrected chi connectivity index (χ1v) is 13.4. The SMILES string of the molecule is CCOC(=O)C1=C(C)N=c2s/c(=C\c3ccc(-c4ccc(C(=O)O)cc4)o3)c(=O)n2[C@@H]1c1ccc(OC)c(OC)c1. The quantitative estimate of drug-likeness (QED) is 0.315. The highest BCUT2D eigenvalue weighted by atomic mass is 32.1. The van der Waals surface area contributed by atoms with Crippen LogP contribution in [0.3, 0.4) is 0 Å². The molecule has 0 fully saturated rings. The van der Waals surface area contributed by atoms with Crippen molar-refractivity contribution in [1.29, 1.82) is 0 Å². The zero-order chi connectivity index (χ0) is 29.3. The summed E-state index contributed by atoms with van der Waals surface area (Å²) in [6.45, 7) is 3.59. The second kappa shape index (κ2) is 11.3. The van der Waals surface area contributed by atoms with Gasteiger partial charge in [0.1, 0.15) is 11.5 Å². The summed E-state index contributed by atoms with van der Waals surface area (Å²) in [5.74, 6) is 0.325. The van der Waals surface area contributed by atoms with Crippen molar-refractivity contribution in [2.24, 2.45) is 4.99 Å². The molecule has 1 aliphatic heterocycles. The Morgan fingerprint density at radius 2 is 1.80 bits per heavy atom. The van der Waals surface area contributed by atoms with Crippen LogP contribution >= 0.6 is 11.3 Å². The molecule has 5 rings (SSSR count). The number of furan rings is 1. The second-order valence-corrected chi connectivity index (χ2v) is 10.0. The summed E-state index contributed by atoms with van der Waals surface area (Å²) < 4.78 is 24.0. The first-order valence-electron chi connectivity index (χ1n) is 12.6. The smallest absolute Gasteiger partial charge is 0.338 e. The number of hydrogen-bond donors (Lipinski definition) is 1. The second-order valence-electron chi connectivity index (χ2n) is 9.00. The highest BCUT2D eigenvalue weighted by Gasteiger charge is 2.34. The van der Waals surface area contributed by atoms with Gasteiger partial charge in [-0.3, -0.25) is 9.36 Å². The Morgan fingerprint density at radius 1 is 1.07 bits per heavy atom. The predicted octanol–water partition coefficient (Wildman–Crippen LogP) is 3.77. The Bertz CT molecular complexity index is 1860. The van der Waals surface area contributed by atoms with E-state index in [0.717, 1.165) is 0 Å². The van der Waals surface area contributed by atoms with Crippen LogP contribution in [-0.2, 0) is 9.53 Å². The average Bonchev–Trinajstić information content (AvgIpc) is 3.56. The predicted molar refractivity (Wildman–Crippen MR) is 151 cm³/mol. The van der Waals surface area contributed by atoms with Crippen LogP contribution in [0.25, 0.3) is 17.4 Å². The number of methoxy groups -OCH3 is 2. The fraction of sp³-hybridized carbons (Fsp3) is 0.200. The lowest BCUT2D eigenvalue weighted by atomic mass is 9.95. The van der Waals surface area contributed by atoms with Crippen molar-refractivity contribution in [3.8, 4) is 22.8 Å². The Morgan fingerprint density at radius 3 is 2.46 bits per heavy atom. The lowest BCUT2D eigenvalue weighted by Crippen LogP contribution is -2.39. The van der Waals surface area contributed by atoms with E-state index in [9.17, 15) is 14.4 Å². The molecule has 0 amide bonds. The number of carboxylic acid groups (broad SMARTS) is 1. The third-order valence-electron chi connectivity index (χ3n) is 6.56. The number of thiazole rings is 1. The summed E-state index contributed by atoms with van der Waals surface area (Å²) >= 11 is 1.17. The molecule has 3 heterocycles. The van der Waals surface area contributed by atoms with E-state index in [1.807, 2.05) is 0 Å². The third kappa shape index (κ3) is 5.19. The van der Waals surface area contributed by atoms with Crippen molar-refractivity contribution in [2.75, 3.05) is 20.8 Å². The van der Waals surface area contributed by atoms with Crippen LogP contribution in [0, 0.1) is 0 Å². The van der Waals surface area contributed by atoms with Gasteiger partial charge in [0.05, 0.1) is 48.2 Å². The zero-order valence-corrected chi connectivity index (χ0v) is 23.5. The first kappa shape index (κ1) is 27.7. The van der Waals surface area contributed by atoms with Crippen LogP contribution in [0.2, 0.25) is 0 Å². The number of nitrogens with zero attached hydrogens (tertiary/aromatic N) is 2. The van der Waals surface area contributed by atoms with Crippen molar-refractivity contribution < 1.29 is 33.3 Å². The summed E-state index contributed by atoms with van der Waals surface area (Å²) in [7, 11) is 3.04. The molecule has 1 N–H and O–H groups in total. The molecule has 0 bridgehead atoms. The van der Waals surface area contributed by atoms with Gasteiger partial charge in [0.2, 0.25) is 0 Å². The summed E-state index contributed by atoms with van der Waals surface area (Å²) in [6.07, 6.45) is 1.62. The van der Waals surface area contributed by atoms with Crippen LogP contribution in [-0.4, -0.2) is 42.4 Å². The minimum absolute atomic E-state index is 0.165. The summed E-state index contributed by atoms with van der Waals surface area (Å²) in [4.78, 5) is 43.1. The fourth-order valence-electron chi connectivity index (χ4n) is 4.62. The molecule has 11 heteroatoms. The highest BCUT2D eigenvalue weighted by Crippen LogP contribution is 2.36. The van der Waals surface area contributed by atoms with Crippen molar-refractivity contribution in [2.45, 2.75) is 19.9 Å². The third-order valence-corrected chi connectivity index (χ3v) is 7.54. The number of allylic oxidation sites excluding steroid dienone is 1. The molecule has 210 valence electrons. The number of aromatic nitrogens is 1. The number of carbonyl (C=O) groups is 2. The van der Waals surface area contributed by atoms with Crippen molar-refractivity contribution in [1.82, 2.24) is 4.57 Å². The van der Waals surface area contributed by atoms with Gasteiger partial charge in [-0.1, -0.05) is 29.5 Å². The molecule has 2 aromatic heterocycles. The molecule has 4 aromatic rings. The van der Waals surface area contributed by atoms with Gasteiger partial charge < -0.3 is 23.7 Å². The maximum Gasteiger partial charge on any atom is 0.338 e. The monoisotopic (exact) mass is 574 g/mol. The van der Waals surface area contributed by atoms with Crippen LogP contribution in [0.4, 0.5) is 0 Å². The van der Waals surface area contributed by atoms with Crippen LogP contribution < -0.4 is 24.4 Å². The molecule has 1 aliphatic rings. The number of aromatic carboxylic acids is 1. The van der Waals surface area contributed by atoms with Gasteiger partial charge >= 0.3 is 11.9 Å². The van der Waals surface area contributed by atoms with E-state index in [2.05, 4.69) is 4.99 Å². The van der Waals surface area contributed by atoms with Crippen LogP contribution in [0.15, 0.2) is 80.1 Å². The normalized spacial score (nSPS) is 14.8. The molecular weight excluding hydrogens is 548 g/mol. The lowest BCUT2D eigenvalue weighted by molar-refractivity contribution is -0.139. The van der Waals surface area contributed by atoms with Crippen LogP contribution in [0.5, 0.6) is 11.5 Å². The number of benzene rings is 2. The van der Waals surface area contributed by atoms with Crippen molar-refractivity contribution in [3.63, 3.8) is 0 Å². The van der Waals surface area contributed by atoms with E-state index < -0.39 is 18.0 Å². The standard InChI is InChI=1S/C30H26N2O8S/c1-5-39-29(36)25-16(2)31-30-32(26(25)19-10-12-22(37-3)23(14-19)38-4)27(33)24(41-30)15-20-11-13-21(40-20)17-6-8-18(9-7-17)28(34)35/h6-15,26H,5H2,1-4H3,(H,34,35)/b24-15-/t26-/m1/s1. The minimum Gasteiger partial charge on any atom is -0.493 e. The molecule has 0 aliphatic carbocycles. The molecule has 0 saturated carbocycles. The Hall–Kier alpha value is -4.90. The summed E-state index contributed by atoms with van der Waals surface area (Å²) in [6, 6.07) is 14.2. The number of hydrogen-bond acceptors (Lipinski definition) is 9. The van der Waals surface area contributed by atoms with E-state index in [-0.39, 0.29) is 23.3 Å². The fourth-order valence-corrected chi connectivity index (χ4v) is 5.65.